The summed E-state index contributed by atoms with van der Waals surface area (Å²) in [5.41, 5.74) is 0. The van der Waals surface area contributed by atoms with Crippen LogP contribution in [-0.4, -0.2) is 37.2 Å². The van der Waals surface area contributed by atoms with Gasteiger partial charge >= 0.3 is 17.9 Å². The summed E-state index contributed by atoms with van der Waals surface area (Å²) in [6.07, 6.45) is 74.4. The molecular weight excluding hydrogens is 817 g/mol. The Morgan fingerprint density at radius 3 is 1.17 bits per heavy atom. The molecule has 0 fully saturated rings. The third-order valence-corrected chi connectivity index (χ3v) is 10.5. The molecule has 0 bridgehead atoms. The average Bonchev–Trinajstić information content (AvgIpc) is 3.31. The fourth-order valence-corrected chi connectivity index (χ4v) is 6.60. The molecule has 0 spiro atoms. The van der Waals surface area contributed by atoms with Gasteiger partial charge in [0.25, 0.3) is 0 Å². The van der Waals surface area contributed by atoms with E-state index < -0.39 is 6.10 Å². The van der Waals surface area contributed by atoms with Crippen molar-refractivity contribution in [1.29, 1.82) is 0 Å². The summed E-state index contributed by atoms with van der Waals surface area (Å²) in [5.74, 6) is -1.05. The maximum Gasteiger partial charge on any atom is 0.306 e. The van der Waals surface area contributed by atoms with Crippen LogP contribution in [0.1, 0.15) is 207 Å². The molecule has 0 aromatic heterocycles. The predicted molar refractivity (Wildman–Crippen MR) is 283 cm³/mol. The van der Waals surface area contributed by atoms with E-state index in [9.17, 15) is 14.4 Å². The van der Waals surface area contributed by atoms with Gasteiger partial charge in [0.15, 0.2) is 6.10 Å². The number of carbonyl (C=O) groups is 3. The van der Waals surface area contributed by atoms with Crippen molar-refractivity contribution >= 4 is 17.9 Å². The zero-order valence-corrected chi connectivity index (χ0v) is 42.1. The van der Waals surface area contributed by atoms with E-state index in [0.29, 0.717) is 19.3 Å². The smallest absolute Gasteiger partial charge is 0.306 e. The van der Waals surface area contributed by atoms with Crippen molar-refractivity contribution in [3.8, 4) is 0 Å². The van der Waals surface area contributed by atoms with Gasteiger partial charge in [-0.2, -0.15) is 0 Å². The first-order valence-electron chi connectivity index (χ1n) is 26.3. The predicted octanol–water partition coefficient (Wildman–Crippen LogP) is 17.5. The number of ether oxygens (including phenoxy) is 3. The van der Waals surface area contributed by atoms with Gasteiger partial charge in [-0.3, -0.25) is 14.4 Å². The normalized spacial score (nSPS) is 13.2. The van der Waals surface area contributed by atoms with Crippen LogP contribution in [0.2, 0.25) is 0 Å². The molecule has 0 N–H and O–H groups in total. The molecule has 0 aliphatic carbocycles. The van der Waals surface area contributed by atoms with Crippen molar-refractivity contribution in [2.24, 2.45) is 0 Å². The number of rotatable bonds is 45. The third-order valence-electron chi connectivity index (χ3n) is 10.5. The first-order valence-corrected chi connectivity index (χ1v) is 26.3. The van der Waals surface area contributed by atoms with Gasteiger partial charge < -0.3 is 14.2 Å². The average molecular weight is 911 g/mol. The van der Waals surface area contributed by atoms with Crippen LogP contribution in [0.15, 0.2) is 134 Å². The molecule has 0 saturated heterocycles. The summed E-state index contributed by atoms with van der Waals surface area (Å²) in [4.78, 5) is 38.0. The Labute approximate surface area is 405 Å². The van der Waals surface area contributed by atoms with E-state index >= 15 is 0 Å². The van der Waals surface area contributed by atoms with Gasteiger partial charge in [-0.15, -0.1) is 0 Å². The largest absolute Gasteiger partial charge is 0.462 e. The van der Waals surface area contributed by atoms with Crippen molar-refractivity contribution in [3.05, 3.63) is 134 Å². The number of esters is 3. The maximum absolute atomic E-state index is 12.8. The number of hydrogen-bond acceptors (Lipinski definition) is 6. The van der Waals surface area contributed by atoms with Gasteiger partial charge in [0.05, 0.1) is 0 Å². The fourth-order valence-electron chi connectivity index (χ4n) is 6.60. The molecule has 1 unspecified atom stereocenters. The molecule has 370 valence electrons. The first kappa shape index (κ1) is 61.5. The Morgan fingerprint density at radius 1 is 0.333 bits per heavy atom. The highest BCUT2D eigenvalue weighted by Gasteiger charge is 2.19. The molecule has 0 heterocycles. The van der Waals surface area contributed by atoms with E-state index in [0.717, 1.165) is 109 Å². The van der Waals surface area contributed by atoms with Gasteiger partial charge in [0, 0.05) is 19.3 Å². The Bertz CT molecular complexity index is 1460. The molecule has 0 amide bonds. The molecule has 6 nitrogen and oxygen atoms in total. The van der Waals surface area contributed by atoms with Gasteiger partial charge in [0.1, 0.15) is 13.2 Å². The Kier molecular flexibility index (Phi) is 49.6. The molecule has 6 heteroatoms. The molecule has 0 aliphatic heterocycles. The van der Waals surface area contributed by atoms with Crippen molar-refractivity contribution in [2.75, 3.05) is 13.2 Å². The molecule has 0 radical (unpaired) electrons. The zero-order chi connectivity index (χ0) is 47.9. The lowest BCUT2D eigenvalue weighted by Gasteiger charge is -2.18. The van der Waals surface area contributed by atoms with Gasteiger partial charge in [-0.1, -0.05) is 219 Å². The molecule has 0 rings (SSSR count). The summed E-state index contributed by atoms with van der Waals surface area (Å²) in [5, 5.41) is 0. The second-order valence-electron chi connectivity index (χ2n) is 16.8. The Hall–Kier alpha value is -4.45. The lowest BCUT2D eigenvalue weighted by molar-refractivity contribution is -0.167. The third kappa shape index (κ3) is 50.5. The molecule has 0 aromatic carbocycles. The number of hydrogen-bond donors (Lipinski definition) is 0. The lowest BCUT2D eigenvalue weighted by atomic mass is 10.1. The van der Waals surface area contributed by atoms with Crippen LogP contribution in [0.4, 0.5) is 0 Å². The zero-order valence-electron chi connectivity index (χ0n) is 42.1. The summed E-state index contributed by atoms with van der Waals surface area (Å²) in [6, 6.07) is 0. The second kappa shape index (κ2) is 53.2. The lowest BCUT2D eigenvalue weighted by Crippen LogP contribution is -2.30. The molecule has 1 atom stereocenters. The SMILES string of the molecule is CC/C=C/C=C/C=C/C=C/CCCCCC(=O)OCC(COC(=O)CCCCCCC/C=C/C=C/CCCCCCCCC)OC(=O)CCC/C=C/C/C=C/C/C=C/C/C=C/C/C=C/CC. The quantitative estimate of drug-likeness (QED) is 0.0199. The highest BCUT2D eigenvalue weighted by molar-refractivity contribution is 5.71. The number of unbranched alkanes of at least 4 members (excludes halogenated alkanes) is 16. The van der Waals surface area contributed by atoms with E-state index in [1.807, 2.05) is 36.5 Å². The van der Waals surface area contributed by atoms with E-state index in [4.69, 9.17) is 14.2 Å². The van der Waals surface area contributed by atoms with Crippen LogP contribution < -0.4 is 0 Å². The van der Waals surface area contributed by atoms with Crippen LogP contribution in [0.5, 0.6) is 0 Å². The van der Waals surface area contributed by atoms with Gasteiger partial charge in [-0.05, 0) is 103 Å². The van der Waals surface area contributed by atoms with E-state index in [1.165, 1.54) is 51.4 Å². The first-order chi connectivity index (χ1) is 32.5. The monoisotopic (exact) mass is 911 g/mol. The molecule has 0 saturated carbocycles. The minimum Gasteiger partial charge on any atom is -0.462 e. The van der Waals surface area contributed by atoms with E-state index in [-0.39, 0.29) is 37.5 Å². The van der Waals surface area contributed by atoms with Crippen molar-refractivity contribution in [1.82, 2.24) is 0 Å². The van der Waals surface area contributed by atoms with Crippen LogP contribution in [0.3, 0.4) is 0 Å². The summed E-state index contributed by atoms with van der Waals surface area (Å²) < 4.78 is 16.7. The topological polar surface area (TPSA) is 78.9 Å². The van der Waals surface area contributed by atoms with Gasteiger partial charge in [-0.25, -0.2) is 0 Å². The van der Waals surface area contributed by atoms with Crippen molar-refractivity contribution in [2.45, 2.75) is 213 Å². The summed E-state index contributed by atoms with van der Waals surface area (Å²) >= 11 is 0. The fraction of sp³-hybridized carbons (Fsp3) is 0.583. The minimum absolute atomic E-state index is 0.127. The van der Waals surface area contributed by atoms with Crippen LogP contribution in [0.25, 0.3) is 0 Å². The number of allylic oxidation sites excluding steroid dienone is 22. The molecule has 66 heavy (non-hydrogen) atoms. The van der Waals surface area contributed by atoms with E-state index in [1.54, 1.807) is 0 Å². The summed E-state index contributed by atoms with van der Waals surface area (Å²) in [7, 11) is 0. The van der Waals surface area contributed by atoms with Crippen LogP contribution in [-0.2, 0) is 28.6 Å². The maximum atomic E-state index is 12.8. The standard InChI is InChI=1S/C60H94O6/c1-4-7-10-13-16-19-22-25-27-29-31-32-35-38-41-44-47-50-53-59(62)65-56-57(55-64-58(61)52-49-46-43-40-37-34-24-21-18-15-12-9-6-3)66-60(63)54-51-48-45-42-39-36-33-30-28-26-23-20-17-14-11-8-5-2/h8-9,11-12,15,17-18,20-21,24,26-29,31-34,36-37,42,45,57H,4-7,10,13-14,16,19,22-23,25,30,35,38-41,43-44,46-56H2,1-3H3/b11-8+,12-9+,18-15+,20-17+,24-21+,28-26+,29-27+,32-31+,36-33+,37-34+,45-42+. The highest BCUT2D eigenvalue weighted by Crippen LogP contribution is 2.12. The van der Waals surface area contributed by atoms with Crippen molar-refractivity contribution in [3.63, 3.8) is 0 Å². The molecule has 0 aliphatic rings. The van der Waals surface area contributed by atoms with Crippen LogP contribution in [0, 0.1) is 0 Å². The minimum atomic E-state index is -0.835. The Balaban J connectivity index is 4.58. The Morgan fingerprint density at radius 2 is 0.682 bits per heavy atom. The molecule has 0 aromatic rings. The van der Waals surface area contributed by atoms with E-state index in [2.05, 4.69) is 118 Å². The molecular formula is C60H94O6. The summed E-state index contributed by atoms with van der Waals surface area (Å²) in [6.45, 7) is 6.26. The highest BCUT2D eigenvalue weighted by atomic mass is 16.6. The number of carbonyl (C=O) groups excluding carboxylic acids is 3. The van der Waals surface area contributed by atoms with Crippen LogP contribution >= 0.6 is 0 Å². The second-order valence-corrected chi connectivity index (χ2v) is 16.8. The van der Waals surface area contributed by atoms with Crippen molar-refractivity contribution < 1.29 is 28.6 Å². The van der Waals surface area contributed by atoms with Gasteiger partial charge in [0.2, 0.25) is 0 Å².